The molecule has 8 nitrogen and oxygen atoms in total. The molecule has 0 radical (unpaired) electrons. The number of likely N-dealkylation sites (tertiary alicyclic amines) is 1. The standard InChI is InChI=1S/C27H25NO7/c1-3-13-34-20-7-4-6-19(15-20)24(29)22-23(17-9-11-18(12-10-17)27(32)33-2)28(26(31)25(22)30)16-21-8-5-14-35-21/h4-12,14-15,23,29H,3,13,16H2,1-2H3/b24-22+. The van der Waals surface area contributed by atoms with Crippen molar-refractivity contribution in [1.29, 1.82) is 0 Å². The Balaban J connectivity index is 1.81. The van der Waals surface area contributed by atoms with Gasteiger partial charge in [-0.15, -0.1) is 0 Å². The third-order valence-corrected chi connectivity index (χ3v) is 5.67. The number of carbonyl (C=O) groups excluding carboxylic acids is 3. The Hall–Kier alpha value is -4.33. The molecular formula is C27H25NO7. The molecule has 1 aromatic heterocycles. The lowest BCUT2D eigenvalue weighted by atomic mass is 9.94. The van der Waals surface area contributed by atoms with Gasteiger partial charge in [0.2, 0.25) is 0 Å². The van der Waals surface area contributed by atoms with E-state index in [0.29, 0.717) is 34.8 Å². The van der Waals surface area contributed by atoms with E-state index in [4.69, 9.17) is 13.9 Å². The first-order valence-electron chi connectivity index (χ1n) is 11.2. The van der Waals surface area contributed by atoms with Crippen LogP contribution >= 0.6 is 0 Å². The first-order valence-corrected chi connectivity index (χ1v) is 11.2. The normalized spacial score (nSPS) is 17.0. The molecule has 1 N–H and O–H groups in total. The Morgan fingerprint density at radius 2 is 1.83 bits per heavy atom. The number of esters is 1. The maximum absolute atomic E-state index is 13.2. The third kappa shape index (κ3) is 4.82. The average Bonchev–Trinajstić information content (AvgIpc) is 3.49. The number of nitrogens with zero attached hydrogens (tertiary/aromatic N) is 1. The number of benzene rings is 2. The Morgan fingerprint density at radius 3 is 2.49 bits per heavy atom. The number of furan rings is 1. The average molecular weight is 475 g/mol. The van der Waals surface area contributed by atoms with Crippen molar-refractivity contribution in [3.05, 3.63) is 95.0 Å². The smallest absolute Gasteiger partial charge is 0.337 e. The minimum atomic E-state index is -0.896. The number of methoxy groups -OCH3 is 1. The van der Waals surface area contributed by atoms with Gasteiger partial charge in [-0.3, -0.25) is 9.59 Å². The van der Waals surface area contributed by atoms with Gasteiger partial charge in [-0.2, -0.15) is 0 Å². The van der Waals surface area contributed by atoms with Crippen LogP contribution in [0.2, 0.25) is 0 Å². The lowest BCUT2D eigenvalue weighted by Crippen LogP contribution is -2.29. The van der Waals surface area contributed by atoms with E-state index in [-0.39, 0.29) is 17.9 Å². The van der Waals surface area contributed by atoms with Crippen LogP contribution < -0.4 is 4.74 Å². The van der Waals surface area contributed by atoms with Gasteiger partial charge in [0.05, 0.1) is 43.7 Å². The highest BCUT2D eigenvalue weighted by Gasteiger charge is 2.46. The van der Waals surface area contributed by atoms with E-state index < -0.39 is 23.7 Å². The molecule has 180 valence electrons. The van der Waals surface area contributed by atoms with Crippen molar-refractivity contribution in [3.63, 3.8) is 0 Å². The van der Waals surface area contributed by atoms with E-state index in [1.807, 2.05) is 6.92 Å². The van der Waals surface area contributed by atoms with Crippen molar-refractivity contribution in [1.82, 2.24) is 4.90 Å². The minimum absolute atomic E-state index is 0.0252. The molecule has 2 heterocycles. The number of aliphatic hydroxyl groups excluding tert-OH is 1. The molecule has 2 aromatic carbocycles. The van der Waals surface area contributed by atoms with Gasteiger partial charge in [-0.1, -0.05) is 31.2 Å². The largest absolute Gasteiger partial charge is 0.507 e. The molecular weight excluding hydrogens is 450 g/mol. The number of carbonyl (C=O) groups is 3. The maximum atomic E-state index is 13.2. The van der Waals surface area contributed by atoms with E-state index in [9.17, 15) is 19.5 Å². The number of ether oxygens (including phenoxy) is 2. The number of hydrogen-bond acceptors (Lipinski definition) is 7. The summed E-state index contributed by atoms with van der Waals surface area (Å²) in [5, 5.41) is 11.2. The van der Waals surface area contributed by atoms with E-state index in [1.54, 1.807) is 60.7 Å². The second kappa shape index (κ2) is 10.3. The molecule has 1 aliphatic heterocycles. The summed E-state index contributed by atoms with van der Waals surface area (Å²) in [5.74, 6) is -1.36. The molecule has 0 saturated carbocycles. The van der Waals surface area contributed by atoms with Crippen LogP contribution in [0.3, 0.4) is 0 Å². The lowest BCUT2D eigenvalue weighted by molar-refractivity contribution is -0.140. The molecule has 1 unspecified atom stereocenters. The van der Waals surface area contributed by atoms with Gasteiger partial charge >= 0.3 is 5.97 Å². The van der Waals surface area contributed by atoms with Crippen molar-refractivity contribution in [2.45, 2.75) is 25.9 Å². The molecule has 35 heavy (non-hydrogen) atoms. The lowest BCUT2D eigenvalue weighted by Gasteiger charge is -2.24. The molecule has 1 aliphatic rings. The zero-order valence-corrected chi connectivity index (χ0v) is 19.4. The van der Waals surface area contributed by atoms with Gasteiger partial charge in [-0.25, -0.2) is 4.79 Å². The fourth-order valence-electron chi connectivity index (χ4n) is 3.99. The molecule has 1 amide bonds. The monoisotopic (exact) mass is 475 g/mol. The second-order valence-electron chi connectivity index (χ2n) is 8.00. The first-order chi connectivity index (χ1) is 16.9. The predicted molar refractivity (Wildman–Crippen MR) is 127 cm³/mol. The van der Waals surface area contributed by atoms with Gasteiger partial charge < -0.3 is 23.9 Å². The van der Waals surface area contributed by atoms with Gasteiger partial charge in [0.25, 0.3) is 11.7 Å². The van der Waals surface area contributed by atoms with Crippen LogP contribution in [0.15, 0.2) is 76.9 Å². The van der Waals surface area contributed by atoms with Crippen LogP contribution in [0.25, 0.3) is 5.76 Å². The Bertz CT molecular complexity index is 1260. The highest BCUT2D eigenvalue weighted by molar-refractivity contribution is 6.46. The van der Waals surface area contributed by atoms with Crippen LogP contribution in [0.5, 0.6) is 5.75 Å². The summed E-state index contributed by atoms with van der Waals surface area (Å²) in [6, 6.07) is 15.6. The Labute approximate surface area is 202 Å². The molecule has 0 aliphatic carbocycles. The molecule has 1 atom stereocenters. The van der Waals surface area contributed by atoms with Crippen molar-refractivity contribution < 1.29 is 33.4 Å². The van der Waals surface area contributed by atoms with E-state index in [1.165, 1.54) is 18.3 Å². The maximum Gasteiger partial charge on any atom is 0.337 e. The molecule has 1 saturated heterocycles. The summed E-state index contributed by atoms with van der Waals surface area (Å²) in [6.07, 6.45) is 2.30. The Morgan fingerprint density at radius 1 is 1.06 bits per heavy atom. The summed E-state index contributed by atoms with van der Waals surface area (Å²) in [5.41, 5.74) is 1.16. The van der Waals surface area contributed by atoms with E-state index in [2.05, 4.69) is 0 Å². The highest BCUT2D eigenvalue weighted by atomic mass is 16.5. The molecule has 3 aromatic rings. The first kappa shape index (κ1) is 23.8. The molecule has 4 rings (SSSR count). The molecule has 8 heteroatoms. The molecule has 0 spiro atoms. The summed E-state index contributed by atoms with van der Waals surface area (Å²) < 4.78 is 15.8. The number of amides is 1. The zero-order chi connectivity index (χ0) is 24.9. The van der Waals surface area contributed by atoms with Gasteiger partial charge in [-0.05, 0) is 48.4 Å². The van der Waals surface area contributed by atoms with Crippen molar-refractivity contribution >= 4 is 23.4 Å². The van der Waals surface area contributed by atoms with E-state index in [0.717, 1.165) is 6.42 Å². The summed E-state index contributed by atoms with van der Waals surface area (Å²) in [6.45, 7) is 2.51. The van der Waals surface area contributed by atoms with Crippen LogP contribution in [0.4, 0.5) is 0 Å². The zero-order valence-electron chi connectivity index (χ0n) is 19.4. The minimum Gasteiger partial charge on any atom is -0.507 e. The van der Waals surface area contributed by atoms with Crippen molar-refractivity contribution in [2.24, 2.45) is 0 Å². The molecule has 1 fully saturated rings. The number of aliphatic hydroxyl groups is 1. The van der Waals surface area contributed by atoms with Crippen LogP contribution in [0.1, 0.15) is 46.6 Å². The van der Waals surface area contributed by atoms with E-state index >= 15 is 0 Å². The van der Waals surface area contributed by atoms with Crippen molar-refractivity contribution in [2.75, 3.05) is 13.7 Å². The van der Waals surface area contributed by atoms with Crippen molar-refractivity contribution in [3.8, 4) is 5.75 Å². The SMILES string of the molecule is CCCOc1cccc(/C(O)=C2\C(=O)C(=O)N(Cc3ccco3)C2c2ccc(C(=O)OC)cc2)c1. The Kier molecular flexibility index (Phi) is 7.01. The summed E-state index contributed by atoms with van der Waals surface area (Å²) >= 11 is 0. The molecule has 0 bridgehead atoms. The topological polar surface area (TPSA) is 106 Å². The highest BCUT2D eigenvalue weighted by Crippen LogP contribution is 2.40. The number of hydrogen-bond donors (Lipinski definition) is 1. The number of ketones is 1. The van der Waals surface area contributed by atoms with Crippen LogP contribution in [0, 0.1) is 0 Å². The van der Waals surface area contributed by atoms with Gasteiger partial charge in [0.15, 0.2) is 0 Å². The fourth-order valence-corrected chi connectivity index (χ4v) is 3.99. The quantitative estimate of drug-likeness (QED) is 0.222. The summed E-state index contributed by atoms with van der Waals surface area (Å²) in [4.78, 5) is 39.5. The number of rotatable bonds is 8. The van der Waals surface area contributed by atoms with Gasteiger partial charge in [0.1, 0.15) is 17.3 Å². The third-order valence-electron chi connectivity index (χ3n) is 5.67. The second-order valence-corrected chi connectivity index (χ2v) is 8.00. The van der Waals surface area contributed by atoms with Crippen LogP contribution in [-0.4, -0.2) is 41.4 Å². The fraction of sp³-hybridized carbons (Fsp3) is 0.222. The predicted octanol–water partition coefficient (Wildman–Crippen LogP) is 4.48. The summed E-state index contributed by atoms with van der Waals surface area (Å²) in [7, 11) is 1.28. The number of Topliss-reactive ketones (excluding diaryl/α,β-unsaturated/α-hetero) is 1. The van der Waals surface area contributed by atoms with Gasteiger partial charge in [0, 0.05) is 5.56 Å². The van der Waals surface area contributed by atoms with Crippen LogP contribution in [-0.2, 0) is 20.9 Å².